The van der Waals surface area contributed by atoms with Gasteiger partial charge in [0.1, 0.15) is 6.61 Å². The SMILES string of the molecule is CNC1(C(=O)COC)CCC1. The summed E-state index contributed by atoms with van der Waals surface area (Å²) in [6.45, 7) is 0.237. The molecule has 0 heterocycles. The van der Waals surface area contributed by atoms with Crippen LogP contribution in [0.3, 0.4) is 0 Å². The van der Waals surface area contributed by atoms with Crippen LogP contribution in [0.4, 0.5) is 0 Å². The summed E-state index contributed by atoms with van der Waals surface area (Å²) in [5.41, 5.74) is -0.240. The Morgan fingerprint density at radius 1 is 1.64 bits per heavy atom. The molecule has 0 aromatic carbocycles. The molecule has 1 rings (SSSR count). The quantitative estimate of drug-likeness (QED) is 0.639. The average molecular weight is 157 g/mol. The van der Waals surface area contributed by atoms with Crippen molar-refractivity contribution in [1.82, 2.24) is 5.32 Å². The van der Waals surface area contributed by atoms with Crippen molar-refractivity contribution in [2.45, 2.75) is 24.8 Å². The summed E-state index contributed by atoms with van der Waals surface area (Å²) in [5.74, 6) is 0.189. The molecule has 0 unspecified atom stereocenters. The number of ketones is 1. The molecule has 1 aliphatic carbocycles. The van der Waals surface area contributed by atoms with Crippen LogP contribution in [-0.2, 0) is 9.53 Å². The van der Waals surface area contributed by atoms with Gasteiger partial charge in [0, 0.05) is 7.11 Å². The van der Waals surface area contributed by atoms with Gasteiger partial charge in [0.2, 0.25) is 0 Å². The predicted molar refractivity (Wildman–Crippen MR) is 42.5 cm³/mol. The highest BCUT2D eigenvalue weighted by Gasteiger charge is 2.41. The second kappa shape index (κ2) is 3.32. The van der Waals surface area contributed by atoms with E-state index in [2.05, 4.69) is 5.32 Å². The van der Waals surface area contributed by atoms with Crippen molar-refractivity contribution < 1.29 is 9.53 Å². The summed E-state index contributed by atoms with van der Waals surface area (Å²) < 4.78 is 4.80. The lowest BCUT2D eigenvalue weighted by Gasteiger charge is -2.39. The molecule has 0 radical (unpaired) electrons. The molecule has 0 spiro atoms. The topological polar surface area (TPSA) is 38.3 Å². The van der Waals surface area contributed by atoms with Crippen LogP contribution in [0.5, 0.6) is 0 Å². The summed E-state index contributed by atoms with van der Waals surface area (Å²) in [7, 11) is 3.40. The van der Waals surface area contributed by atoms with Crippen LogP contribution >= 0.6 is 0 Å². The molecular formula is C8H15NO2. The number of rotatable bonds is 4. The molecule has 0 bridgehead atoms. The Hall–Kier alpha value is -0.410. The maximum absolute atomic E-state index is 11.4. The molecule has 3 heteroatoms. The van der Waals surface area contributed by atoms with Gasteiger partial charge in [-0.05, 0) is 26.3 Å². The van der Waals surface area contributed by atoms with Crippen molar-refractivity contribution >= 4 is 5.78 Å². The number of ether oxygens (including phenoxy) is 1. The van der Waals surface area contributed by atoms with Crippen LogP contribution in [0.2, 0.25) is 0 Å². The molecule has 0 saturated heterocycles. The van der Waals surface area contributed by atoms with E-state index in [1.54, 1.807) is 7.11 Å². The van der Waals surface area contributed by atoms with Gasteiger partial charge >= 0.3 is 0 Å². The zero-order valence-electron chi connectivity index (χ0n) is 7.14. The number of hydrogen-bond acceptors (Lipinski definition) is 3. The fourth-order valence-corrected chi connectivity index (χ4v) is 1.47. The second-order valence-electron chi connectivity index (χ2n) is 3.04. The third-order valence-corrected chi connectivity index (χ3v) is 2.49. The minimum atomic E-state index is -0.240. The van der Waals surface area contributed by atoms with Crippen molar-refractivity contribution in [2.24, 2.45) is 0 Å². The van der Waals surface area contributed by atoms with Crippen LogP contribution < -0.4 is 5.32 Å². The van der Waals surface area contributed by atoms with E-state index >= 15 is 0 Å². The van der Waals surface area contributed by atoms with Crippen LogP contribution in [0.25, 0.3) is 0 Å². The van der Waals surface area contributed by atoms with E-state index < -0.39 is 0 Å². The summed E-state index contributed by atoms with van der Waals surface area (Å²) in [6, 6.07) is 0. The number of carbonyl (C=O) groups excluding carboxylic acids is 1. The first kappa shape index (κ1) is 8.68. The Morgan fingerprint density at radius 2 is 2.27 bits per heavy atom. The summed E-state index contributed by atoms with van der Waals surface area (Å²) in [5, 5.41) is 3.07. The van der Waals surface area contributed by atoms with E-state index in [0.29, 0.717) is 0 Å². The normalized spacial score (nSPS) is 20.9. The van der Waals surface area contributed by atoms with Crippen LogP contribution in [-0.4, -0.2) is 32.1 Å². The van der Waals surface area contributed by atoms with Crippen molar-refractivity contribution in [1.29, 1.82) is 0 Å². The largest absolute Gasteiger partial charge is 0.377 e. The van der Waals surface area contributed by atoms with Crippen molar-refractivity contribution in [3.05, 3.63) is 0 Å². The van der Waals surface area contributed by atoms with Crippen molar-refractivity contribution in [3.63, 3.8) is 0 Å². The average Bonchev–Trinajstić information content (AvgIpc) is 1.87. The minimum Gasteiger partial charge on any atom is -0.377 e. The van der Waals surface area contributed by atoms with Crippen LogP contribution in [0.15, 0.2) is 0 Å². The number of Topliss-reactive ketones (excluding diaryl/α,β-unsaturated/α-hetero) is 1. The van der Waals surface area contributed by atoms with Gasteiger partial charge in [0.05, 0.1) is 5.54 Å². The third kappa shape index (κ3) is 1.44. The zero-order valence-corrected chi connectivity index (χ0v) is 7.14. The van der Waals surface area contributed by atoms with Crippen molar-refractivity contribution in [2.75, 3.05) is 20.8 Å². The Morgan fingerprint density at radius 3 is 2.55 bits per heavy atom. The molecule has 0 aromatic heterocycles. The van der Waals surface area contributed by atoms with Crippen molar-refractivity contribution in [3.8, 4) is 0 Å². The van der Waals surface area contributed by atoms with Gasteiger partial charge in [-0.25, -0.2) is 0 Å². The highest BCUT2D eigenvalue weighted by Crippen LogP contribution is 2.32. The Kier molecular flexibility index (Phi) is 2.62. The fourth-order valence-electron chi connectivity index (χ4n) is 1.47. The molecule has 1 saturated carbocycles. The van der Waals surface area contributed by atoms with E-state index in [1.165, 1.54) is 0 Å². The highest BCUT2D eigenvalue weighted by atomic mass is 16.5. The van der Waals surface area contributed by atoms with Gasteiger partial charge in [-0.2, -0.15) is 0 Å². The van der Waals surface area contributed by atoms with E-state index in [4.69, 9.17) is 4.74 Å². The first-order chi connectivity index (χ1) is 5.25. The molecule has 1 fully saturated rings. The summed E-state index contributed by atoms with van der Waals surface area (Å²) in [6.07, 6.45) is 3.08. The molecule has 0 aromatic rings. The Bertz CT molecular complexity index is 147. The molecule has 1 N–H and O–H groups in total. The van der Waals surface area contributed by atoms with Gasteiger partial charge < -0.3 is 10.1 Å². The van der Waals surface area contributed by atoms with E-state index in [9.17, 15) is 4.79 Å². The molecule has 3 nitrogen and oxygen atoms in total. The van der Waals surface area contributed by atoms with Crippen LogP contribution in [0, 0.1) is 0 Å². The first-order valence-electron chi connectivity index (χ1n) is 3.96. The molecular weight excluding hydrogens is 142 g/mol. The standard InChI is InChI=1S/C8H15NO2/c1-9-8(4-3-5-8)7(10)6-11-2/h9H,3-6H2,1-2H3. The van der Waals surface area contributed by atoms with E-state index in [0.717, 1.165) is 19.3 Å². The van der Waals surface area contributed by atoms with Gasteiger partial charge in [-0.1, -0.05) is 0 Å². The fraction of sp³-hybridized carbons (Fsp3) is 0.875. The Balaban J connectivity index is 2.47. The lowest BCUT2D eigenvalue weighted by molar-refractivity contribution is -0.132. The van der Waals surface area contributed by atoms with Crippen LogP contribution in [0.1, 0.15) is 19.3 Å². The summed E-state index contributed by atoms with van der Waals surface area (Å²) >= 11 is 0. The number of likely N-dealkylation sites (N-methyl/N-ethyl adjacent to an activating group) is 1. The molecule has 0 aliphatic heterocycles. The van der Waals surface area contributed by atoms with E-state index in [1.807, 2.05) is 7.05 Å². The summed E-state index contributed by atoms with van der Waals surface area (Å²) in [4.78, 5) is 11.4. The number of carbonyl (C=O) groups is 1. The van der Waals surface area contributed by atoms with Gasteiger partial charge in [0.15, 0.2) is 5.78 Å². The Labute approximate surface area is 67.1 Å². The first-order valence-corrected chi connectivity index (χ1v) is 3.96. The van der Waals surface area contributed by atoms with Gasteiger partial charge in [0.25, 0.3) is 0 Å². The zero-order chi connectivity index (χ0) is 8.32. The third-order valence-electron chi connectivity index (χ3n) is 2.49. The van der Waals surface area contributed by atoms with E-state index in [-0.39, 0.29) is 17.9 Å². The van der Waals surface area contributed by atoms with Gasteiger partial charge in [-0.3, -0.25) is 4.79 Å². The smallest absolute Gasteiger partial charge is 0.178 e. The highest BCUT2D eigenvalue weighted by molar-refractivity contribution is 5.90. The maximum Gasteiger partial charge on any atom is 0.178 e. The lowest BCUT2D eigenvalue weighted by atomic mass is 9.74. The maximum atomic E-state index is 11.4. The second-order valence-corrected chi connectivity index (χ2v) is 3.04. The molecule has 1 aliphatic rings. The molecule has 64 valence electrons. The molecule has 0 amide bonds. The number of nitrogens with one attached hydrogen (secondary N) is 1. The monoisotopic (exact) mass is 157 g/mol. The predicted octanol–water partition coefficient (Wildman–Crippen LogP) is 0.344. The number of methoxy groups -OCH3 is 1. The number of hydrogen-bond donors (Lipinski definition) is 1. The molecule has 0 atom stereocenters. The molecule has 11 heavy (non-hydrogen) atoms. The minimum absolute atomic E-state index is 0.189. The lowest BCUT2D eigenvalue weighted by Crippen LogP contribution is -2.56. The van der Waals surface area contributed by atoms with Gasteiger partial charge in [-0.15, -0.1) is 0 Å².